The molecule has 96 valence electrons. The molecule has 2 rings (SSSR count). The van der Waals surface area contributed by atoms with E-state index >= 15 is 0 Å². The van der Waals surface area contributed by atoms with Gasteiger partial charge in [0.15, 0.2) is 0 Å². The molecule has 0 bridgehead atoms. The van der Waals surface area contributed by atoms with Gasteiger partial charge in [0, 0.05) is 0 Å². The summed E-state index contributed by atoms with van der Waals surface area (Å²) in [5, 5.41) is 5.87. The van der Waals surface area contributed by atoms with Crippen molar-refractivity contribution in [3.8, 4) is 0 Å². The molecule has 0 fully saturated rings. The molecular formula is C11H10Cl2N2O3. The van der Waals surface area contributed by atoms with Crippen molar-refractivity contribution in [3.05, 3.63) is 22.2 Å². The normalized spacial score (nSPS) is 17.5. The summed E-state index contributed by atoms with van der Waals surface area (Å²) in [5.41, 5.74) is 0.900. The first kappa shape index (κ1) is 13.0. The lowest BCUT2D eigenvalue weighted by atomic mass is 10.1. The maximum absolute atomic E-state index is 11.8. The highest BCUT2D eigenvalue weighted by atomic mass is 35.5. The van der Waals surface area contributed by atoms with Crippen molar-refractivity contribution in [1.29, 1.82) is 0 Å². The molecule has 1 heterocycles. The predicted octanol–water partition coefficient (Wildman–Crippen LogP) is 2.29. The number of amides is 1. The quantitative estimate of drug-likeness (QED) is 0.647. The minimum Gasteiger partial charge on any atom is -0.464 e. The maximum Gasteiger partial charge on any atom is 0.338 e. The fourth-order valence-corrected chi connectivity index (χ4v) is 1.97. The van der Waals surface area contributed by atoms with Crippen LogP contribution in [0.1, 0.15) is 6.92 Å². The van der Waals surface area contributed by atoms with Crippen LogP contribution in [0, 0.1) is 0 Å². The molecule has 0 aliphatic carbocycles. The van der Waals surface area contributed by atoms with Crippen LogP contribution in [0.2, 0.25) is 10.0 Å². The molecule has 1 aromatic rings. The summed E-state index contributed by atoms with van der Waals surface area (Å²) in [6, 6.07) is 2.14. The van der Waals surface area contributed by atoms with E-state index in [1.54, 1.807) is 19.1 Å². The van der Waals surface area contributed by atoms with Crippen molar-refractivity contribution in [2.75, 3.05) is 17.2 Å². The Labute approximate surface area is 113 Å². The Bertz CT molecular complexity index is 519. The highest BCUT2D eigenvalue weighted by Gasteiger charge is 2.34. The number of nitrogens with one attached hydrogen (secondary N) is 2. The van der Waals surface area contributed by atoms with Gasteiger partial charge in [0.05, 0.1) is 28.0 Å². The minimum atomic E-state index is -1.07. The summed E-state index contributed by atoms with van der Waals surface area (Å²) in [4.78, 5) is 23.3. The van der Waals surface area contributed by atoms with E-state index in [4.69, 9.17) is 27.9 Å². The van der Waals surface area contributed by atoms with Crippen molar-refractivity contribution in [1.82, 2.24) is 0 Å². The number of hydrogen-bond donors (Lipinski definition) is 2. The molecule has 1 atom stereocenters. The van der Waals surface area contributed by atoms with Gasteiger partial charge < -0.3 is 15.4 Å². The third kappa shape index (κ3) is 2.23. The summed E-state index contributed by atoms with van der Waals surface area (Å²) in [7, 11) is 0. The number of halogens is 2. The van der Waals surface area contributed by atoms with Crippen LogP contribution in [0.3, 0.4) is 0 Å². The van der Waals surface area contributed by atoms with E-state index in [2.05, 4.69) is 10.6 Å². The zero-order valence-electron chi connectivity index (χ0n) is 9.42. The lowest BCUT2D eigenvalue weighted by Crippen LogP contribution is -2.45. The van der Waals surface area contributed by atoms with Crippen LogP contribution < -0.4 is 10.6 Å². The Hall–Kier alpha value is -1.46. The van der Waals surface area contributed by atoms with E-state index in [1.165, 1.54) is 0 Å². The van der Waals surface area contributed by atoms with E-state index in [0.717, 1.165) is 0 Å². The molecule has 0 aromatic heterocycles. The van der Waals surface area contributed by atoms with Gasteiger partial charge in [-0.1, -0.05) is 23.2 Å². The van der Waals surface area contributed by atoms with Crippen molar-refractivity contribution < 1.29 is 14.3 Å². The monoisotopic (exact) mass is 288 g/mol. The molecule has 1 aliphatic heterocycles. The number of anilines is 2. The van der Waals surface area contributed by atoms with Crippen LogP contribution in [-0.2, 0) is 14.3 Å². The number of carbonyl (C=O) groups is 2. The van der Waals surface area contributed by atoms with E-state index in [-0.39, 0.29) is 11.6 Å². The Morgan fingerprint density at radius 3 is 2.83 bits per heavy atom. The Morgan fingerprint density at radius 2 is 2.17 bits per heavy atom. The number of fused-ring (bicyclic) bond motifs is 1. The van der Waals surface area contributed by atoms with Gasteiger partial charge in [-0.3, -0.25) is 4.79 Å². The van der Waals surface area contributed by atoms with Gasteiger partial charge in [0.1, 0.15) is 0 Å². The standard InChI is InChI=1S/C11H10Cl2N2O3/c1-2-18-11(17)9-10(16)15-8-6(14-9)4-3-5(12)7(8)13/h3-4,9,14H,2H2,1H3,(H,15,16). The van der Waals surface area contributed by atoms with Crippen LogP contribution in [-0.4, -0.2) is 24.5 Å². The summed E-state index contributed by atoms with van der Waals surface area (Å²) in [5.74, 6) is -1.16. The van der Waals surface area contributed by atoms with Crippen molar-refractivity contribution in [2.24, 2.45) is 0 Å². The molecule has 1 aliphatic rings. The zero-order valence-corrected chi connectivity index (χ0v) is 10.9. The summed E-state index contributed by atoms with van der Waals surface area (Å²) >= 11 is 11.8. The van der Waals surface area contributed by atoms with Gasteiger partial charge in [-0.25, -0.2) is 4.79 Å². The summed E-state index contributed by atoms with van der Waals surface area (Å²) in [6.45, 7) is 1.88. The fraction of sp³-hybridized carbons (Fsp3) is 0.273. The van der Waals surface area contributed by atoms with Crippen LogP contribution in [0.15, 0.2) is 12.1 Å². The van der Waals surface area contributed by atoms with E-state index in [1.807, 2.05) is 0 Å². The molecule has 0 saturated carbocycles. The van der Waals surface area contributed by atoms with Gasteiger partial charge in [0.25, 0.3) is 5.91 Å². The fourth-order valence-electron chi connectivity index (χ4n) is 1.60. The topological polar surface area (TPSA) is 67.4 Å². The third-order valence-electron chi connectivity index (χ3n) is 2.43. The molecule has 1 unspecified atom stereocenters. The van der Waals surface area contributed by atoms with Crippen molar-refractivity contribution >= 4 is 46.5 Å². The predicted molar refractivity (Wildman–Crippen MR) is 69.1 cm³/mol. The van der Waals surface area contributed by atoms with Crippen molar-refractivity contribution in [3.63, 3.8) is 0 Å². The molecule has 0 spiro atoms. The lowest BCUT2D eigenvalue weighted by Gasteiger charge is -2.26. The number of ether oxygens (including phenoxy) is 1. The first-order valence-electron chi connectivity index (χ1n) is 5.26. The number of hydrogen-bond acceptors (Lipinski definition) is 4. The average Bonchev–Trinajstić information content (AvgIpc) is 2.34. The maximum atomic E-state index is 11.8. The van der Waals surface area contributed by atoms with Gasteiger partial charge in [0.2, 0.25) is 6.04 Å². The number of benzene rings is 1. The first-order chi connectivity index (χ1) is 8.54. The Kier molecular flexibility index (Phi) is 3.63. The Balaban J connectivity index is 2.32. The van der Waals surface area contributed by atoms with Gasteiger partial charge in [-0.2, -0.15) is 0 Å². The third-order valence-corrected chi connectivity index (χ3v) is 3.23. The number of carbonyl (C=O) groups excluding carboxylic acids is 2. The second-order valence-corrected chi connectivity index (χ2v) is 4.39. The lowest BCUT2D eigenvalue weighted by molar-refractivity contribution is -0.146. The molecule has 2 N–H and O–H groups in total. The summed E-state index contributed by atoms with van der Waals surface area (Å²) < 4.78 is 4.80. The zero-order chi connectivity index (χ0) is 13.3. The van der Waals surface area contributed by atoms with Crippen LogP contribution in [0.25, 0.3) is 0 Å². The molecule has 1 amide bonds. The van der Waals surface area contributed by atoms with Crippen LogP contribution >= 0.6 is 23.2 Å². The molecule has 5 nitrogen and oxygen atoms in total. The van der Waals surface area contributed by atoms with Gasteiger partial charge >= 0.3 is 5.97 Å². The second kappa shape index (κ2) is 5.04. The first-order valence-corrected chi connectivity index (χ1v) is 6.02. The van der Waals surface area contributed by atoms with Crippen molar-refractivity contribution in [2.45, 2.75) is 13.0 Å². The SMILES string of the molecule is CCOC(=O)C1Nc2ccc(Cl)c(Cl)c2NC1=O. The van der Waals surface area contributed by atoms with Gasteiger partial charge in [-0.15, -0.1) is 0 Å². The Morgan fingerprint density at radius 1 is 1.44 bits per heavy atom. The smallest absolute Gasteiger partial charge is 0.338 e. The molecule has 7 heteroatoms. The van der Waals surface area contributed by atoms with Gasteiger partial charge in [-0.05, 0) is 19.1 Å². The van der Waals surface area contributed by atoms with E-state index < -0.39 is 17.9 Å². The highest BCUT2D eigenvalue weighted by molar-refractivity contribution is 6.44. The summed E-state index contributed by atoms with van der Waals surface area (Å²) in [6.07, 6.45) is 0. The van der Waals surface area contributed by atoms with Crippen LogP contribution in [0.4, 0.5) is 11.4 Å². The molecule has 0 radical (unpaired) electrons. The minimum absolute atomic E-state index is 0.207. The molecule has 18 heavy (non-hydrogen) atoms. The van der Waals surface area contributed by atoms with Crippen LogP contribution in [0.5, 0.6) is 0 Å². The number of rotatable bonds is 2. The number of esters is 1. The van der Waals surface area contributed by atoms with E-state index in [9.17, 15) is 9.59 Å². The largest absolute Gasteiger partial charge is 0.464 e. The molecular weight excluding hydrogens is 279 g/mol. The average molecular weight is 289 g/mol. The highest BCUT2D eigenvalue weighted by Crippen LogP contribution is 2.38. The van der Waals surface area contributed by atoms with E-state index in [0.29, 0.717) is 16.4 Å². The second-order valence-electron chi connectivity index (χ2n) is 3.60. The molecule has 1 aromatic carbocycles. The molecule has 0 saturated heterocycles.